The van der Waals surface area contributed by atoms with E-state index in [9.17, 15) is 4.79 Å². The van der Waals surface area contributed by atoms with Crippen molar-refractivity contribution in [2.24, 2.45) is 0 Å². The average Bonchev–Trinajstić information content (AvgIpc) is 3.20. The minimum Gasteiger partial charge on any atom is -0.497 e. The average molecular weight is 458 g/mol. The van der Waals surface area contributed by atoms with Gasteiger partial charge in [-0.15, -0.1) is 0 Å². The van der Waals surface area contributed by atoms with E-state index in [1.54, 1.807) is 7.11 Å². The normalized spacial score (nSPS) is 10.9. The lowest BCUT2D eigenvalue weighted by Gasteiger charge is -2.11. The Kier molecular flexibility index (Phi) is 7.48. The lowest BCUT2D eigenvalue weighted by molar-refractivity contribution is -0.123. The predicted molar refractivity (Wildman–Crippen MR) is 135 cm³/mol. The van der Waals surface area contributed by atoms with Crippen LogP contribution in [0.5, 0.6) is 11.5 Å². The van der Waals surface area contributed by atoms with Gasteiger partial charge in [-0.05, 0) is 67.3 Å². The molecule has 0 saturated carbocycles. The van der Waals surface area contributed by atoms with Crippen molar-refractivity contribution in [3.05, 3.63) is 89.2 Å². The fourth-order valence-corrected chi connectivity index (χ4v) is 3.94. The summed E-state index contributed by atoms with van der Waals surface area (Å²) in [6.45, 7) is 5.30. The standard InChI is InChI=1S/C28H31N3O3/c1-20-10-11-21(2)26(17-20)34-19-28(32)29-16-6-9-27-30-24-7-4-5-8-25(24)31(27)18-22-12-14-23(33-3)15-13-22/h4-5,7-8,10-15,17H,6,9,16,18-19H2,1-3H3,(H,29,32). The summed E-state index contributed by atoms with van der Waals surface area (Å²) >= 11 is 0. The van der Waals surface area contributed by atoms with Gasteiger partial charge in [-0.25, -0.2) is 4.98 Å². The van der Waals surface area contributed by atoms with Gasteiger partial charge in [0, 0.05) is 19.5 Å². The van der Waals surface area contributed by atoms with Crippen LogP contribution >= 0.6 is 0 Å². The first kappa shape index (κ1) is 23.4. The maximum Gasteiger partial charge on any atom is 0.257 e. The molecule has 0 aliphatic carbocycles. The van der Waals surface area contributed by atoms with Crippen LogP contribution in [-0.2, 0) is 17.8 Å². The third-order valence-electron chi connectivity index (χ3n) is 5.84. The van der Waals surface area contributed by atoms with Gasteiger partial charge in [-0.1, -0.05) is 36.4 Å². The molecule has 0 radical (unpaired) electrons. The van der Waals surface area contributed by atoms with Crippen LogP contribution < -0.4 is 14.8 Å². The van der Waals surface area contributed by atoms with Crippen LogP contribution in [0.3, 0.4) is 0 Å². The van der Waals surface area contributed by atoms with E-state index in [1.165, 1.54) is 5.56 Å². The van der Waals surface area contributed by atoms with Gasteiger partial charge in [-0.3, -0.25) is 4.79 Å². The van der Waals surface area contributed by atoms with Crippen LogP contribution in [0.15, 0.2) is 66.7 Å². The molecule has 0 atom stereocenters. The zero-order valence-corrected chi connectivity index (χ0v) is 20.0. The fraction of sp³-hybridized carbons (Fsp3) is 0.286. The molecule has 4 rings (SSSR count). The summed E-state index contributed by atoms with van der Waals surface area (Å²) in [5.41, 5.74) is 5.41. The lowest BCUT2D eigenvalue weighted by Crippen LogP contribution is -2.30. The van der Waals surface area contributed by atoms with Gasteiger partial charge in [-0.2, -0.15) is 0 Å². The van der Waals surface area contributed by atoms with Crippen molar-refractivity contribution in [3.8, 4) is 11.5 Å². The van der Waals surface area contributed by atoms with E-state index in [-0.39, 0.29) is 12.5 Å². The van der Waals surface area contributed by atoms with E-state index in [1.807, 2.05) is 62.4 Å². The first-order valence-electron chi connectivity index (χ1n) is 11.6. The Balaban J connectivity index is 1.34. The molecule has 3 aromatic carbocycles. The van der Waals surface area contributed by atoms with Gasteiger partial charge < -0.3 is 19.4 Å². The van der Waals surface area contributed by atoms with Crippen LogP contribution in [0.4, 0.5) is 0 Å². The molecule has 1 N–H and O–H groups in total. The molecule has 1 amide bonds. The first-order valence-corrected chi connectivity index (χ1v) is 11.6. The van der Waals surface area contributed by atoms with Crippen LogP contribution in [-0.4, -0.2) is 35.7 Å². The second kappa shape index (κ2) is 10.9. The minimum atomic E-state index is -0.118. The number of carbonyl (C=O) groups is 1. The number of ether oxygens (including phenoxy) is 2. The molecule has 0 fully saturated rings. The Morgan fingerprint density at radius 1 is 1.03 bits per heavy atom. The van der Waals surface area contributed by atoms with E-state index < -0.39 is 0 Å². The molecule has 6 heteroatoms. The highest BCUT2D eigenvalue weighted by atomic mass is 16.5. The number of methoxy groups -OCH3 is 1. The quantitative estimate of drug-likeness (QED) is 0.346. The van der Waals surface area contributed by atoms with Gasteiger partial charge in [0.15, 0.2) is 6.61 Å². The molecule has 1 heterocycles. The lowest BCUT2D eigenvalue weighted by atomic mass is 10.1. The highest BCUT2D eigenvalue weighted by Crippen LogP contribution is 2.21. The Hall–Kier alpha value is -3.80. The summed E-state index contributed by atoms with van der Waals surface area (Å²) in [5.74, 6) is 2.49. The van der Waals surface area contributed by atoms with Crippen molar-refractivity contribution < 1.29 is 14.3 Å². The van der Waals surface area contributed by atoms with Gasteiger partial charge in [0.05, 0.1) is 18.1 Å². The largest absolute Gasteiger partial charge is 0.497 e. The third kappa shape index (κ3) is 5.76. The number of nitrogens with one attached hydrogen (secondary N) is 1. The Morgan fingerprint density at radius 2 is 1.82 bits per heavy atom. The number of aryl methyl sites for hydroxylation is 3. The summed E-state index contributed by atoms with van der Waals surface area (Å²) in [6, 6.07) is 22.3. The molecule has 4 aromatic rings. The van der Waals surface area contributed by atoms with Gasteiger partial charge >= 0.3 is 0 Å². The zero-order chi connectivity index (χ0) is 23.9. The predicted octanol–water partition coefficient (Wildman–Crippen LogP) is 4.84. The highest BCUT2D eigenvalue weighted by Gasteiger charge is 2.12. The first-order chi connectivity index (χ1) is 16.5. The van der Waals surface area contributed by atoms with E-state index in [2.05, 4.69) is 28.1 Å². The number of hydrogen-bond donors (Lipinski definition) is 1. The Morgan fingerprint density at radius 3 is 2.62 bits per heavy atom. The monoisotopic (exact) mass is 457 g/mol. The smallest absolute Gasteiger partial charge is 0.257 e. The maximum atomic E-state index is 12.3. The molecular weight excluding hydrogens is 426 g/mol. The van der Waals surface area contributed by atoms with Gasteiger partial charge in [0.1, 0.15) is 17.3 Å². The van der Waals surface area contributed by atoms with Crippen molar-refractivity contribution in [1.29, 1.82) is 0 Å². The molecule has 0 saturated heterocycles. The third-order valence-corrected chi connectivity index (χ3v) is 5.84. The maximum absolute atomic E-state index is 12.3. The SMILES string of the molecule is COc1ccc(Cn2c(CCCNC(=O)COc3cc(C)ccc3C)nc3ccccc32)cc1. The molecule has 6 nitrogen and oxygen atoms in total. The Labute approximate surface area is 200 Å². The molecule has 176 valence electrons. The van der Waals surface area contributed by atoms with Crippen LogP contribution in [0.2, 0.25) is 0 Å². The van der Waals surface area contributed by atoms with E-state index in [0.717, 1.165) is 58.9 Å². The van der Waals surface area contributed by atoms with E-state index in [4.69, 9.17) is 14.5 Å². The van der Waals surface area contributed by atoms with Crippen molar-refractivity contribution in [3.63, 3.8) is 0 Å². The van der Waals surface area contributed by atoms with E-state index in [0.29, 0.717) is 6.54 Å². The zero-order valence-electron chi connectivity index (χ0n) is 20.0. The molecular formula is C28H31N3O3. The fourth-order valence-electron chi connectivity index (χ4n) is 3.94. The van der Waals surface area contributed by atoms with Crippen LogP contribution in [0, 0.1) is 13.8 Å². The molecule has 0 bridgehead atoms. The number of para-hydroxylation sites is 2. The number of aromatic nitrogens is 2. The molecule has 1 aromatic heterocycles. The summed E-state index contributed by atoms with van der Waals surface area (Å²) < 4.78 is 13.2. The van der Waals surface area contributed by atoms with E-state index >= 15 is 0 Å². The van der Waals surface area contributed by atoms with Crippen molar-refractivity contribution in [1.82, 2.24) is 14.9 Å². The number of rotatable bonds is 10. The summed E-state index contributed by atoms with van der Waals surface area (Å²) in [5, 5.41) is 2.96. The van der Waals surface area contributed by atoms with Gasteiger partial charge in [0.25, 0.3) is 5.91 Å². The molecule has 34 heavy (non-hydrogen) atoms. The number of nitrogens with zero attached hydrogens (tertiary/aromatic N) is 2. The molecule has 0 spiro atoms. The number of hydrogen-bond acceptors (Lipinski definition) is 4. The minimum absolute atomic E-state index is 0.0142. The second-order valence-corrected chi connectivity index (χ2v) is 8.46. The Bertz CT molecular complexity index is 1260. The highest BCUT2D eigenvalue weighted by molar-refractivity contribution is 5.77. The summed E-state index contributed by atoms with van der Waals surface area (Å²) in [7, 11) is 1.67. The van der Waals surface area contributed by atoms with Gasteiger partial charge in [0.2, 0.25) is 0 Å². The molecule has 0 unspecified atom stereocenters. The number of imidazole rings is 1. The number of amides is 1. The van der Waals surface area contributed by atoms with Crippen LogP contribution in [0.25, 0.3) is 11.0 Å². The van der Waals surface area contributed by atoms with Crippen molar-refractivity contribution in [2.45, 2.75) is 33.2 Å². The van der Waals surface area contributed by atoms with Crippen molar-refractivity contribution in [2.75, 3.05) is 20.3 Å². The topological polar surface area (TPSA) is 65.4 Å². The number of carbonyl (C=O) groups excluding carboxylic acids is 1. The summed E-state index contributed by atoms with van der Waals surface area (Å²) in [6.07, 6.45) is 1.56. The molecule has 0 aliphatic heterocycles. The number of fused-ring (bicyclic) bond motifs is 1. The summed E-state index contributed by atoms with van der Waals surface area (Å²) in [4.78, 5) is 17.1. The number of benzene rings is 3. The van der Waals surface area contributed by atoms with Crippen molar-refractivity contribution >= 4 is 16.9 Å². The second-order valence-electron chi connectivity index (χ2n) is 8.46. The van der Waals surface area contributed by atoms with Crippen LogP contribution in [0.1, 0.15) is 28.9 Å². The molecule has 0 aliphatic rings.